The van der Waals surface area contributed by atoms with Gasteiger partial charge in [-0.25, -0.2) is 9.78 Å². The summed E-state index contributed by atoms with van der Waals surface area (Å²) in [5, 5.41) is 1.19. The average Bonchev–Trinajstić information content (AvgIpc) is 3.38. The first-order chi connectivity index (χ1) is 17.8. The molecule has 0 saturated heterocycles. The van der Waals surface area contributed by atoms with Gasteiger partial charge in [-0.15, -0.1) is 11.3 Å². The van der Waals surface area contributed by atoms with Gasteiger partial charge in [0.15, 0.2) is 10.9 Å². The van der Waals surface area contributed by atoms with E-state index in [1.54, 1.807) is 36.7 Å². The lowest BCUT2D eigenvalue weighted by Gasteiger charge is -2.17. The number of nitrogens with zero attached hydrogens (tertiary/aromatic N) is 2. The van der Waals surface area contributed by atoms with Crippen molar-refractivity contribution in [2.24, 2.45) is 5.92 Å². The van der Waals surface area contributed by atoms with E-state index in [1.165, 1.54) is 16.6 Å². The number of H-pyrrole nitrogens is 1. The topological polar surface area (TPSA) is 94.1 Å². The molecule has 0 aliphatic heterocycles. The number of carbonyl (C=O) groups excluding carboxylic acids is 2. The minimum absolute atomic E-state index is 0.0654. The van der Waals surface area contributed by atoms with Gasteiger partial charge in [-0.2, -0.15) is 0 Å². The van der Waals surface area contributed by atoms with Crippen molar-refractivity contribution in [3.8, 4) is 5.69 Å². The molecule has 0 unspecified atom stereocenters. The Morgan fingerprint density at radius 3 is 2.73 bits per heavy atom. The average molecular weight is 536 g/mol. The molecule has 9 heteroatoms. The lowest BCUT2D eigenvalue weighted by atomic mass is 9.89. The molecule has 37 heavy (non-hydrogen) atoms. The summed E-state index contributed by atoms with van der Waals surface area (Å²) in [6.45, 7) is 7.75. The van der Waals surface area contributed by atoms with Crippen molar-refractivity contribution in [3.63, 3.8) is 0 Å². The molecule has 5 rings (SSSR count). The number of hydrogen-bond acceptors (Lipinski definition) is 7. The van der Waals surface area contributed by atoms with Crippen LogP contribution in [0.4, 0.5) is 0 Å². The second kappa shape index (κ2) is 10.3. The summed E-state index contributed by atoms with van der Waals surface area (Å²) >= 11 is 2.84. The predicted octanol–water partition coefficient (Wildman–Crippen LogP) is 5.67. The molecular weight excluding hydrogens is 506 g/mol. The molecule has 0 fully saturated rings. The molecule has 3 heterocycles. The van der Waals surface area contributed by atoms with Crippen LogP contribution < -0.4 is 5.56 Å². The second-order valence-corrected chi connectivity index (χ2v) is 11.5. The minimum atomic E-state index is -0.443. The number of aromatic amines is 1. The maximum Gasteiger partial charge on any atom is 0.340 e. The van der Waals surface area contributed by atoms with Gasteiger partial charge in [0.1, 0.15) is 4.83 Å². The Hall–Kier alpha value is -3.17. The smallest absolute Gasteiger partial charge is 0.340 e. The second-order valence-electron chi connectivity index (χ2n) is 9.46. The Bertz CT molecular complexity index is 1570. The van der Waals surface area contributed by atoms with Crippen LogP contribution in [0.2, 0.25) is 0 Å². The number of carbonyl (C=O) groups is 2. The Morgan fingerprint density at radius 1 is 1.24 bits per heavy atom. The van der Waals surface area contributed by atoms with Gasteiger partial charge in [0.05, 0.1) is 34.7 Å². The van der Waals surface area contributed by atoms with Crippen LogP contribution in [-0.4, -0.2) is 38.6 Å². The van der Waals surface area contributed by atoms with Crippen LogP contribution >= 0.6 is 23.1 Å². The van der Waals surface area contributed by atoms with Gasteiger partial charge in [0.25, 0.3) is 5.56 Å². The number of esters is 1. The summed E-state index contributed by atoms with van der Waals surface area (Å²) in [6.07, 6.45) is 2.93. The van der Waals surface area contributed by atoms with Crippen LogP contribution in [0.5, 0.6) is 0 Å². The lowest BCUT2D eigenvalue weighted by molar-refractivity contribution is 0.0525. The number of ether oxygens (including phenoxy) is 1. The molecular formula is C28H29N3O4S2. The maximum absolute atomic E-state index is 13.9. The molecule has 192 valence electrons. The fourth-order valence-corrected chi connectivity index (χ4v) is 7.32. The van der Waals surface area contributed by atoms with Crippen LogP contribution in [0, 0.1) is 19.8 Å². The zero-order valence-electron chi connectivity index (χ0n) is 21.3. The fourth-order valence-electron chi connectivity index (χ4n) is 5.01. The highest BCUT2D eigenvalue weighted by molar-refractivity contribution is 7.99. The summed E-state index contributed by atoms with van der Waals surface area (Å²) in [6, 6.07) is 9.44. The number of thioether (sulfide) groups is 1. The van der Waals surface area contributed by atoms with E-state index in [-0.39, 0.29) is 23.7 Å². The first-order valence-corrected chi connectivity index (χ1v) is 14.2. The highest BCUT2D eigenvalue weighted by Gasteiger charge is 2.27. The van der Waals surface area contributed by atoms with Gasteiger partial charge in [0, 0.05) is 10.6 Å². The normalized spacial score (nSPS) is 15.1. The standard InChI is InChI=1S/C28H29N3O4S2/c1-5-35-27(34)22-16(3)24(29-17(22)4)20(32)14-36-28-30-25-23(19-12-11-15(2)13-21(19)37-25)26(33)31(28)18-9-7-6-8-10-18/h6-10,15,29H,5,11-14H2,1-4H3/t15-/m1/s1. The van der Waals surface area contributed by atoms with Crippen LogP contribution in [-0.2, 0) is 17.6 Å². The Balaban J connectivity index is 1.53. The van der Waals surface area contributed by atoms with Gasteiger partial charge >= 0.3 is 5.97 Å². The number of hydrogen-bond donors (Lipinski definition) is 1. The summed E-state index contributed by atoms with van der Waals surface area (Å²) < 4.78 is 6.78. The van der Waals surface area contributed by atoms with E-state index in [0.717, 1.165) is 35.3 Å². The number of thiophene rings is 1. The largest absolute Gasteiger partial charge is 0.462 e. The van der Waals surface area contributed by atoms with Crippen LogP contribution in [0.1, 0.15) is 62.8 Å². The molecule has 0 amide bonds. The molecule has 0 bridgehead atoms. The van der Waals surface area contributed by atoms with Crippen LogP contribution in [0.3, 0.4) is 0 Å². The number of aromatic nitrogens is 3. The summed E-state index contributed by atoms with van der Waals surface area (Å²) in [7, 11) is 0. The third-order valence-electron chi connectivity index (χ3n) is 6.84. The predicted molar refractivity (Wildman–Crippen MR) is 148 cm³/mol. The van der Waals surface area contributed by atoms with Crippen LogP contribution in [0.15, 0.2) is 40.3 Å². The van der Waals surface area contributed by atoms with Gasteiger partial charge < -0.3 is 9.72 Å². The van der Waals surface area contributed by atoms with E-state index < -0.39 is 5.97 Å². The zero-order chi connectivity index (χ0) is 26.3. The fraction of sp³-hybridized carbons (Fsp3) is 0.357. The zero-order valence-corrected chi connectivity index (χ0v) is 23.0. The van der Waals surface area contributed by atoms with Crippen molar-refractivity contribution < 1.29 is 14.3 Å². The molecule has 7 nitrogen and oxygen atoms in total. The Morgan fingerprint density at radius 2 is 2.00 bits per heavy atom. The molecule has 1 aromatic carbocycles. The Labute approximate surface area is 223 Å². The number of rotatable bonds is 7. The molecule has 1 aliphatic rings. The van der Waals surface area contributed by atoms with E-state index >= 15 is 0 Å². The van der Waals surface area contributed by atoms with Crippen molar-refractivity contribution in [2.45, 2.75) is 52.1 Å². The molecule has 0 saturated carbocycles. The van der Waals surface area contributed by atoms with Gasteiger partial charge in [-0.05, 0) is 69.2 Å². The summed E-state index contributed by atoms with van der Waals surface area (Å²) in [5.74, 6) is 0.0434. The highest BCUT2D eigenvalue weighted by Crippen LogP contribution is 2.37. The third-order valence-corrected chi connectivity index (χ3v) is 8.93. The van der Waals surface area contributed by atoms with E-state index in [2.05, 4.69) is 11.9 Å². The maximum atomic E-state index is 13.9. The number of nitrogens with one attached hydrogen (secondary N) is 1. The molecule has 0 spiro atoms. The number of para-hydroxylation sites is 1. The van der Waals surface area contributed by atoms with E-state index in [4.69, 9.17) is 9.72 Å². The van der Waals surface area contributed by atoms with Crippen molar-refractivity contribution in [2.75, 3.05) is 12.4 Å². The van der Waals surface area contributed by atoms with Crippen molar-refractivity contribution in [3.05, 3.63) is 73.6 Å². The summed E-state index contributed by atoms with van der Waals surface area (Å²) in [5.41, 5.74) is 3.72. The van der Waals surface area contributed by atoms with Gasteiger partial charge in [0.2, 0.25) is 0 Å². The Kier molecular flexibility index (Phi) is 7.09. The number of aryl methyl sites for hydroxylation is 2. The molecule has 1 N–H and O–H groups in total. The third kappa shape index (κ3) is 4.66. The quantitative estimate of drug-likeness (QED) is 0.142. The number of ketones is 1. The highest BCUT2D eigenvalue weighted by atomic mass is 32.2. The van der Waals surface area contributed by atoms with E-state index in [1.807, 2.05) is 30.3 Å². The van der Waals surface area contributed by atoms with Gasteiger partial charge in [-0.3, -0.25) is 14.2 Å². The SMILES string of the molecule is CCOC(=O)c1c(C)[nH]c(C(=O)CSc2nc3sc4c(c3c(=O)n2-c2ccccc2)CC[C@@H](C)C4)c1C. The molecule has 0 radical (unpaired) electrons. The number of fused-ring (bicyclic) bond motifs is 3. The van der Waals surface area contributed by atoms with Crippen molar-refractivity contribution in [1.29, 1.82) is 0 Å². The van der Waals surface area contributed by atoms with E-state index in [9.17, 15) is 14.4 Å². The van der Waals surface area contributed by atoms with E-state index in [0.29, 0.717) is 39.0 Å². The van der Waals surface area contributed by atoms with Crippen LogP contribution in [0.25, 0.3) is 15.9 Å². The number of Topliss-reactive ketones (excluding diaryl/α,β-unsaturated/α-hetero) is 1. The minimum Gasteiger partial charge on any atom is -0.462 e. The molecule has 1 atom stereocenters. The first kappa shape index (κ1) is 25.5. The lowest BCUT2D eigenvalue weighted by Crippen LogP contribution is -2.23. The molecule has 1 aliphatic carbocycles. The molecule has 4 aromatic rings. The van der Waals surface area contributed by atoms with Gasteiger partial charge in [-0.1, -0.05) is 36.9 Å². The van der Waals surface area contributed by atoms with Crippen molar-refractivity contribution >= 4 is 45.1 Å². The first-order valence-electron chi connectivity index (χ1n) is 12.4. The number of benzene rings is 1. The molecule has 3 aromatic heterocycles. The summed E-state index contributed by atoms with van der Waals surface area (Å²) in [4.78, 5) is 49.5. The van der Waals surface area contributed by atoms with Crippen molar-refractivity contribution in [1.82, 2.24) is 14.5 Å². The monoisotopic (exact) mass is 535 g/mol.